The molecule has 0 unspecified atom stereocenters. The Hall–Kier alpha value is -2.71. The number of amides is 1. The third-order valence-electron chi connectivity index (χ3n) is 4.45. The zero-order valence-corrected chi connectivity index (χ0v) is 14.8. The number of nitrogens with one attached hydrogen (secondary N) is 1. The largest absolute Gasteiger partial charge is 0.461 e. The van der Waals surface area contributed by atoms with Gasteiger partial charge in [-0.15, -0.1) is 0 Å². The van der Waals surface area contributed by atoms with Gasteiger partial charge in [-0.05, 0) is 25.8 Å². The lowest BCUT2D eigenvalue weighted by Gasteiger charge is -2.31. The molecule has 2 aliphatic heterocycles. The molecular weight excluding hydrogens is 338 g/mol. The lowest BCUT2D eigenvalue weighted by molar-refractivity contribution is -0.135. The fourth-order valence-corrected chi connectivity index (χ4v) is 3.03. The molecule has 1 amide bonds. The summed E-state index contributed by atoms with van der Waals surface area (Å²) in [6.07, 6.45) is 4.96. The van der Waals surface area contributed by atoms with Crippen molar-refractivity contribution < 1.29 is 19.2 Å². The Morgan fingerprint density at radius 3 is 2.73 bits per heavy atom. The van der Waals surface area contributed by atoms with Gasteiger partial charge in [-0.1, -0.05) is 5.16 Å². The monoisotopic (exact) mass is 361 g/mol. The molecule has 140 valence electrons. The number of hydrogen-bond acceptors (Lipinski definition) is 8. The average Bonchev–Trinajstić information content (AvgIpc) is 3.16. The topological polar surface area (TPSA) is 106 Å². The highest BCUT2D eigenvalue weighted by Gasteiger charge is 2.30. The van der Waals surface area contributed by atoms with E-state index >= 15 is 0 Å². The van der Waals surface area contributed by atoms with Crippen LogP contribution in [0.1, 0.15) is 26.2 Å². The third-order valence-corrected chi connectivity index (χ3v) is 4.45. The van der Waals surface area contributed by atoms with Crippen LogP contribution in [0.15, 0.2) is 23.6 Å². The van der Waals surface area contributed by atoms with Crippen molar-refractivity contribution in [3.05, 3.63) is 18.5 Å². The van der Waals surface area contributed by atoms with Crippen LogP contribution in [0.2, 0.25) is 0 Å². The van der Waals surface area contributed by atoms with Crippen LogP contribution in [-0.2, 0) is 19.2 Å². The molecule has 1 N–H and O–H groups in total. The van der Waals surface area contributed by atoms with E-state index in [1.807, 2.05) is 0 Å². The molecule has 26 heavy (non-hydrogen) atoms. The summed E-state index contributed by atoms with van der Waals surface area (Å²) in [6.45, 7) is 3.86. The third kappa shape index (κ3) is 4.47. The van der Waals surface area contributed by atoms with Gasteiger partial charge in [0.15, 0.2) is 11.8 Å². The first kappa shape index (κ1) is 18.1. The van der Waals surface area contributed by atoms with Gasteiger partial charge in [-0.3, -0.25) is 4.79 Å². The van der Waals surface area contributed by atoms with Crippen LogP contribution in [0, 0.1) is 5.92 Å². The van der Waals surface area contributed by atoms with Crippen molar-refractivity contribution in [3.8, 4) is 0 Å². The number of piperidine rings is 1. The second kappa shape index (κ2) is 8.59. The Kier molecular flexibility index (Phi) is 5.98. The molecule has 0 bridgehead atoms. The molecule has 2 aliphatic rings. The Morgan fingerprint density at radius 1 is 1.31 bits per heavy atom. The van der Waals surface area contributed by atoms with Gasteiger partial charge in [0, 0.05) is 37.8 Å². The fourth-order valence-electron chi connectivity index (χ4n) is 3.03. The molecule has 3 rings (SSSR count). The van der Waals surface area contributed by atoms with Gasteiger partial charge in [0.05, 0.1) is 13.2 Å². The molecule has 1 atom stereocenters. The average molecular weight is 361 g/mol. The molecular formula is C17H23N5O4. The summed E-state index contributed by atoms with van der Waals surface area (Å²) in [5.74, 6) is 0.208. The number of rotatable bonds is 6. The van der Waals surface area contributed by atoms with Crippen LogP contribution < -0.4 is 10.2 Å². The number of carbonyl (C=O) groups excluding carboxylic acids is 2. The maximum absolute atomic E-state index is 12.4. The Morgan fingerprint density at radius 2 is 2.04 bits per heavy atom. The number of carbonyl (C=O) groups is 2. The van der Waals surface area contributed by atoms with E-state index in [1.165, 1.54) is 0 Å². The minimum atomic E-state index is -0.461. The van der Waals surface area contributed by atoms with Gasteiger partial charge in [0.2, 0.25) is 11.9 Å². The van der Waals surface area contributed by atoms with Gasteiger partial charge in [-0.25, -0.2) is 14.8 Å². The summed E-state index contributed by atoms with van der Waals surface area (Å²) in [5.41, 5.74) is 0.266. The molecule has 0 saturated carbocycles. The number of oxime groups is 1. The summed E-state index contributed by atoms with van der Waals surface area (Å²) < 4.78 is 4.89. The summed E-state index contributed by atoms with van der Waals surface area (Å²) in [5, 5.41) is 6.64. The first-order valence-electron chi connectivity index (χ1n) is 8.87. The second-order valence-corrected chi connectivity index (χ2v) is 6.25. The van der Waals surface area contributed by atoms with Crippen LogP contribution in [0.5, 0.6) is 0 Å². The zero-order chi connectivity index (χ0) is 18.4. The van der Waals surface area contributed by atoms with E-state index in [9.17, 15) is 9.59 Å². The van der Waals surface area contributed by atoms with Crippen LogP contribution in [-0.4, -0.2) is 59.9 Å². The summed E-state index contributed by atoms with van der Waals surface area (Å²) in [6, 6.07) is 1.78. The maximum atomic E-state index is 12.4. The van der Waals surface area contributed by atoms with Gasteiger partial charge < -0.3 is 19.8 Å². The number of esters is 1. The predicted molar refractivity (Wildman–Crippen MR) is 93.5 cm³/mol. The SMILES string of the molecule is CCOC(=O)C1=NO[C@@H](CNC(=O)C2CCN(c3ncccn3)CC2)C1. The van der Waals surface area contributed by atoms with Gasteiger partial charge in [-0.2, -0.15) is 0 Å². The Bertz CT molecular complexity index is 658. The number of hydrogen-bond donors (Lipinski definition) is 1. The van der Waals surface area contributed by atoms with E-state index in [1.54, 1.807) is 25.4 Å². The molecule has 9 nitrogen and oxygen atoms in total. The van der Waals surface area contributed by atoms with Crippen molar-refractivity contribution >= 4 is 23.5 Å². The number of nitrogens with zero attached hydrogens (tertiary/aromatic N) is 4. The quantitative estimate of drug-likeness (QED) is 0.736. The first-order valence-corrected chi connectivity index (χ1v) is 8.87. The summed E-state index contributed by atoms with van der Waals surface area (Å²) >= 11 is 0. The van der Waals surface area contributed by atoms with E-state index < -0.39 is 5.97 Å². The van der Waals surface area contributed by atoms with Crippen LogP contribution in [0.3, 0.4) is 0 Å². The first-order chi connectivity index (χ1) is 12.7. The summed E-state index contributed by atoms with van der Waals surface area (Å²) in [7, 11) is 0. The number of ether oxygens (including phenoxy) is 1. The second-order valence-electron chi connectivity index (χ2n) is 6.25. The van der Waals surface area contributed by atoms with Crippen LogP contribution in [0.25, 0.3) is 0 Å². The molecule has 0 aromatic carbocycles. The highest BCUT2D eigenvalue weighted by atomic mass is 16.6. The van der Waals surface area contributed by atoms with Crippen molar-refractivity contribution in [1.82, 2.24) is 15.3 Å². The molecule has 0 radical (unpaired) electrons. The lowest BCUT2D eigenvalue weighted by Crippen LogP contribution is -2.43. The van der Waals surface area contributed by atoms with Gasteiger partial charge in [0.1, 0.15) is 0 Å². The maximum Gasteiger partial charge on any atom is 0.356 e. The van der Waals surface area contributed by atoms with E-state index in [4.69, 9.17) is 9.57 Å². The number of anilines is 1. The van der Waals surface area contributed by atoms with E-state index in [-0.39, 0.29) is 23.6 Å². The fraction of sp³-hybridized carbons (Fsp3) is 0.588. The highest BCUT2D eigenvalue weighted by Crippen LogP contribution is 2.20. The zero-order valence-electron chi connectivity index (χ0n) is 14.8. The Labute approximate surface area is 151 Å². The van der Waals surface area contributed by atoms with Gasteiger partial charge >= 0.3 is 5.97 Å². The minimum absolute atomic E-state index is 0.00631. The van der Waals surface area contributed by atoms with Crippen LogP contribution in [0.4, 0.5) is 5.95 Å². The standard InChI is InChI=1S/C17H23N5O4/c1-2-25-16(24)14-10-13(26-21-14)11-20-15(23)12-4-8-22(9-5-12)17-18-6-3-7-19-17/h3,6-7,12-13H,2,4-5,8-11H2,1H3,(H,20,23)/t13-/m1/s1. The van der Waals surface area contributed by atoms with E-state index in [0.29, 0.717) is 25.5 Å². The minimum Gasteiger partial charge on any atom is -0.461 e. The molecule has 1 aromatic rings. The van der Waals surface area contributed by atoms with Crippen LogP contribution >= 0.6 is 0 Å². The smallest absolute Gasteiger partial charge is 0.356 e. The van der Waals surface area contributed by atoms with E-state index in [2.05, 4.69) is 25.3 Å². The van der Waals surface area contributed by atoms with Crippen molar-refractivity contribution in [3.63, 3.8) is 0 Å². The molecule has 1 aromatic heterocycles. The van der Waals surface area contributed by atoms with Gasteiger partial charge in [0.25, 0.3) is 0 Å². The molecule has 1 fully saturated rings. The summed E-state index contributed by atoms with van der Waals surface area (Å²) in [4.78, 5) is 39.7. The molecule has 3 heterocycles. The molecule has 0 aliphatic carbocycles. The highest BCUT2D eigenvalue weighted by molar-refractivity contribution is 6.36. The van der Waals surface area contributed by atoms with Crippen molar-refractivity contribution in [1.29, 1.82) is 0 Å². The molecule has 0 spiro atoms. The molecule has 9 heteroatoms. The van der Waals surface area contributed by atoms with Crippen molar-refractivity contribution in [2.24, 2.45) is 11.1 Å². The van der Waals surface area contributed by atoms with Crippen molar-refractivity contribution in [2.45, 2.75) is 32.3 Å². The molecule has 1 saturated heterocycles. The normalized spacial score (nSPS) is 20.3. The Balaban J connectivity index is 1.38. The lowest BCUT2D eigenvalue weighted by atomic mass is 9.96. The predicted octanol–water partition coefficient (Wildman–Crippen LogP) is 0.517. The van der Waals surface area contributed by atoms with Crippen molar-refractivity contribution in [2.75, 3.05) is 31.1 Å². The number of aromatic nitrogens is 2. The van der Waals surface area contributed by atoms with E-state index in [0.717, 1.165) is 25.9 Å².